The van der Waals surface area contributed by atoms with Crippen LogP contribution in [0, 0.1) is 11.7 Å². The number of piperidine rings is 1. The van der Waals surface area contributed by atoms with Crippen molar-refractivity contribution in [3.8, 4) is 11.5 Å². The number of hydrogen-bond acceptors (Lipinski definition) is 4. The van der Waals surface area contributed by atoms with Gasteiger partial charge in [0.05, 0.1) is 21.9 Å². The molecular formula is C24H27Cl2FN2O4S. The monoisotopic (exact) mass is 528 g/mol. The fraction of sp³-hybridized carbons (Fsp3) is 0.458. The summed E-state index contributed by atoms with van der Waals surface area (Å²) >= 11 is 12.8. The molecule has 2 fully saturated rings. The molecule has 184 valence electrons. The summed E-state index contributed by atoms with van der Waals surface area (Å²) in [5, 5.41) is 3.12. The summed E-state index contributed by atoms with van der Waals surface area (Å²) < 4.78 is 44.9. The maximum atomic E-state index is 14.2. The molecule has 0 bridgehead atoms. The minimum absolute atomic E-state index is 0.0420. The van der Waals surface area contributed by atoms with E-state index in [9.17, 15) is 17.6 Å². The molecule has 1 aliphatic carbocycles. The van der Waals surface area contributed by atoms with Gasteiger partial charge in [-0.05, 0) is 66.8 Å². The highest BCUT2D eigenvalue weighted by molar-refractivity contribution is 7.88. The zero-order valence-electron chi connectivity index (χ0n) is 19.0. The number of amides is 1. The van der Waals surface area contributed by atoms with E-state index in [-0.39, 0.29) is 44.3 Å². The third-order valence-corrected chi connectivity index (χ3v) is 8.65. The lowest BCUT2D eigenvalue weighted by atomic mass is 9.98. The first kappa shape index (κ1) is 25.2. The van der Waals surface area contributed by atoms with E-state index in [1.54, 1.807) is 6.07 Å². The molecule has 1 aliphatic heterocycles. The number of sulfonamides is 1. The van der Waals surface area contributed by atoms with E-state index in [1.165, 1.54) is 34.8 Å². The van der Waals surface area contributed by atoms with Gasteiger partial charge in [-0.2, -0.15) is 0 Å². The Hall–Kier alpha value is -1.87. The highest BCUT2D eigenvalue weighted by Crippen LogP contribution is 2.49. The molecule has 6 nitrogen and oxygen atoms in total. The van der Waals surface area contributed by atoms with Crippen molar-refractivity contribution in [3.63, 3.8) is 0 Å². The first-order valence-corrected chi connectivity index (χ1v) is 13.8. The Morgan fingerprint density at radius 2 is 1.88 bits per heavy atom. The summed E-state index contributed by atoms with van der Waals surface area (Å²) in [5.74, 6) is -0.276. The summed E-state index contributed by atoms with van der Waals surface area (Å²) in [5.41, 5.74) is 0.999. The van der Waals surface area contributed by atoms with Gasteiger partial charge in [-0.25, -0.2) is 17.1 Å². The van der Waals surface area contributed by atoms with E-state index < -0.39 is 15.8 Å². The largest absolute Gasteiger partial charge is 0.454 e. The van der Waals surface area contributed by atoms with Gasteiger partial charge in [0.15, 0.2) is 5.75 Å². The van der Waals surface area contributed by atoms with Crippen molar-refractivity contribution in [2.45, 2.75) is 38.0 Å². The van der Waals surface area contributed by atoms with E-state index in [2.05, 4.69) is 12.2 Å². The van der Waals surface area contributed by atoms with Gasteiger partial charge in [-0.15, -0.1) is 0 Å². The topological polar surface area (TPSA) is 75.7 Å². The van der Waals surface area contributed by atoms with E-state index in [1.807, 2.05) is 0 Å². The predicted molar refractivity (Wildman–Crippen MR) is 131 cm³/mol. The van der Waals surface area contributed by atoms with Gasteiger partial charge < -0.3 is 10.1 Å². The molecule has 2 aliphatic rings. The predicted octanol–water partition coefficient (Wildman–Crippen LogP) is 5.38. The van der Waals surface area contributed by atoms with Crippen LogP contribution in [-0.4, -0.2) is 44.5 Å². The third-order valence-electron chi connectivity index (χ3n) is 6.68. The lowest BCUT2D eigenvalue weighted by molar-refractivity contribution is 0.0941. The van der Waals surface area contributed by atoms with Crippen LogP contribution in [0.5, 0.6) is 11.5 Å². The quantitative estimate of drug-likeness (QED) is 0.523. The zero-order chi connectivity index (χ0) is 24.7. The van der Waals surface area contributed by atoms with Crippen LogP contribution in [0.15, 0.2) is 30.3 Å². The number of ether oxygens (including phenoxy) is 1. The Bertz CT molecular complexity index is 1210. The summed E-state index contributed by atoms with van der Waals surface area (Å²) in [4.78, 5) is 12.8. The summed E-state index contributed by atoms with van der Waals surface area (Å²) in [6.07, 6.45) is 4.50. The lowest BCUT2D eigenvalue weighted by Crippen LogP contribution is -2.41. The van der Waals surface area contributed by atoms with Crippen molar-refractivity contribution in [3.05, 3.63) is 57.3 Å². The number of nitrogens with zero attached hydrogens (tertiary/aromatic N) is 1. The number of benzene rings is 2. The molecule has 2 aromatic rings. The molecule has 0 aromatic heterocycles. The molecule has 0 radical (unpaired) electrons. The second kappa shape index (κ2) is 9.64. The van der Waals surface area contributed by atoms with Crippen LogP contribution >= 0.6 is 23.2 Å². The van der Waals surface area contributed by atoms with E-state index in [4.69, 9.17) is 27.9 Å². The average Bonchev–Trinajstić information content (AvgIpc) is 3.53. The van der Waals surface area contributed by atoms with E-state index in [0.29, 0.717) is 32.5 Å². The van der Waals surface area contributed by atoms with Crippen molar-refractivity contribution >= 4 is 39.1 Å². The molecule has 1 saturated heterocycles. The summed E-state index contributed by atoms with van der Waals surface area (Å²) in [6.45, 7) is 3.35. The fourth-order valence-corrected chi connectivity index (χ4v) is 5.55. The first-order valence-electron chi connectivity index (χ1n) is 11.2. The molecule has 1 heterocycles. The van der Waals surface area contributed by atoms with E-state index >= 15 is 0 Å². The highest BCUT2D eigenvalue weighted by atomic mass is 35.5. The Balaban J connectivity index is 1.44. The molecule has 34 heavy (non-hydrogen) atoms. The maximum Gasteiger partial charge on any atom is 0.252 e. The summed E-state index contributed by atoms with van der Waals surface area (Å²) in [7, 11) is -3.20. The third kappa shape index (κ3) is 5.67. The van der Waals surface area contributed by atoms with Crippen LogP contribution in [0.4, 0.5) is 4.39 Å². The Labute approximate surface area is 209 Å². The second-order valence-electron chi connectivity index (χ2n) is 9.39. The Kier molecular flexibility index (Phi) is 7.16. The number of halogens is 3. The molecule has 0 atom stereocenters. The van der Waals surface area contributed by atoms with Gasteiger partial charge in [-0.1, -0.05) is 30.1 Å². The molecule has 1 amide bonds. The molecular weight excluding hydrogens is 502 g/mol. The minimum Gasteiger partial charge on any atom is -0.454 e. The lowest BCUT2D eigenvalue weighted by Gasteiger charge is -2.30. The molecule has 1 saturated carbocycles. The first-order chi connectivity index (χ1) is 16.0. The van der Waals surface area contributed by atoms with Gasteiger partial charge in [0, 0.05) is 25.7 Å². The number of hydrogen-bond donors (Lipinski definition) is 1. The Morgan fingerprint density at radius 1 is 1.21 bits per heavy atom. The van der Waals surface area contributed by atoms with Crippen LogP contribution in [0.1, 0.15) is 48.5 Å². The van der Waals surface area contributed by atoms with Crippen molar-refractivity contribution in [2.24, 2.45) is 5.92 Å². The molecule has 0 spiro atoms. The van der Waals surface area contributed by atoms with Crippen LogP contribution in [-0.2, 0) is 15.4 Å². The van der Waals surface area contributed by atoms with Gasteiger partial charge in [0.25, 0.3) is 5.91 Å². The van der Waals surface area contributed by atoms with Gasteiger partial charge >= 0.3 is 0 Å². The van der Waals surface area contributed by atoms with Gasteiger partial charge in [-0.3, -0.25) is 4.79 Å². The van der Waals surface area contributed by atoms with Crippen molar-refractivity contribution in [1.29, 1.82) is 0 Å². The normalized spacial score (nSPS) is 18.5. The van der Waals surface area contributed by atoms with Crippen molar-refractivity contribution < 1.29 is 22.3 Å². The van der Waals surface area contributed by atoms with Crippen LogP contribution in [0.2, 0.25) is 10.0 Å². The molecule has 2 aromatic carbocycles. The number of carbonyl (C=O) groups excluding carboxylic acids is 1. The minimum atomic E-state index is -3.20. The van der Waals surface area contributed by atoms with E-state index in [0.717, 1.165) is 18.4 Å². The SMILES string of the molecule is CC1(c2cc(F)cc(Oc3c(Cl)ccc(C(=O)NCC4CCN(S(C)(=O)=O)CC4)c3Cl)c2)CC1. The number of nitrogens with one attached hydrogen (secondary N) is 1. The molecule has 1 N–H and O–H groups in total. The van der Waals surface area contributed by atoms with Crippen molar-refractivity contribution in [1.82, 2.24) is 9.62 Å². The molecule has 10 heteroatoms. The summed E-state index contributed by atoms with van der Waals surface area (Å²) in [6, 6.07) is 7.58. The molecule has 0 unspecified atom stereocenters. The Morgan fingerprint density at radius 3 is 2.50 bits per heavy atom. The fourth-order valence-electron chi connectivity index (χ4n) is 4.14. The van der Waals surface area contributed by atoms with Crippen LogP contribution in [0.3, 0.4) is 0 Å². The molecule has 4 rings (SSSR count). The van der Waals surface area contributed by atoms with Crippen LogP contribution < -0.4 is 10.1 Å². The van der Waals surface area contributed by atoms with Gasteiger partial charge in [0.1, 0.15) is 11.6 Å². The number of carbonyl (C=O) groups is 1. The zero-order valence-corrected chi connectivity index (χ0v) is 21.4. The van der Waals surface area contributed by atoms with Gasteiger partial charge in [0.2, 0.25) is 10.0 Å². The standard InChI is InChI=1S/C24H27Cl2FN2O4S/c1-24(7-8-24)16-11-17(27)13-18(12-16)33-22-20(25)4-3-19(21(22)26)23(30)28-14-15-5-9-29(10-6-15)34(2,31)32/h3-4,11-13,15H,5-10,14H2,1-2H3,(H,28,30). The maximum absolute atomic E-state index is 14.2. The van der Waals surface area contributed by atoms with Crippen molar-refractivity contribution in [2.75, 3.05) is 25.9 Å². The van der Waals surface area contributed by atoms with Crippen LogP contribution in [0.25, 0.3) is 0 Å². The smallest absolute Gasteiger partial charge is 0.252 e. The number of rotatable bonds is 7. The second-order valence-corrected chi connectivity index (χ2v) is 12.2. The highest BCUT2D eigenvalue weighted by Gasteiger charge is 2.39. The average molecular weight is 529 g/mol.